The van der Waals surface area contributed by atoms with Gasteiger partial charge in [0.15, 0.2) is 0 Å². The van der Waals surface area contributed by atoms with Gasteiger partial charge >= 0.3 is 16.1 Å². The van der Waals surface area contributed by atoms with Crippen LogP contribution in [0.25, 0.3) is 0 Å². The second-order valence-electron chi connectivity index (χ2n) is 7.59. The smallest absolute Gasteiger partial charge is 0.324 e. The highest BCUT2D eigenvalue weighted by atomic mass is 32.2. The summed E-state index contributed by atoms with van der Waals surface area (Å²) in [5, 5.41) is 3.26. The molecule has 0 aromatic heterocycles. The molecule has 1 N–H and O–H groups in total. The summed E-state index contributed by atoms with van der Waals surface area (Å²) < 4.78 is 32.8. The monoisotopic (exact) mass is 405 g/mol. The third-order valence-corrected chi connectivity index (χ3v) is 4.19. The SMILES string of the molecule is CC(C)(C)OC(=O)[C@H](Cc1ccc(OS(C)(=O)=O)cc1)NCc1ccccc1. The predicted molar refractivity (Wildman–Crippen MR) is 109 cm³/mol. The molecule has 0 amide bonds. The lowest BCUT2D eigenvalue weighted by atomic mass is 10.0. The van der Waals surface area contributed by atoms with E-state index in [1.807, 2.05) is 51.1 Å². The fourth-order valence-corrected chi connectivity index (χ4v) is 3.00. The Labute approximate surface area is 167 Å². The molecule has 0 spiro atoms. The maximum Gasteiger partial charge on any atom is 0.324 e. The third-order valence-electron chi connectivity index (χ3n) is 3.70. The van der Waals surface area contributed by atoms with Crippen LogP contribution in [0.5, 0.6) is 5.75 Å². The molecular weight excluding hydrogens is 378 g/mol. The van der Waals surface area contributed by atoms with Gasteiger partial charge in [-0.05, 0) is 50.5 Å². The Morgan fingerprint density at radius 1 is 1.00 bits per heavy atom. The summed E-state index contributed by atoms with van der Waals surface area (Å²) in [5.41, 5.74) is 1.34. The van der Waals surface area contributed by atoms with Crippen molar-refractivity contribution in [3.05, 3.63) is 65.7 Å². The summed E-state index contributed by atoms with van der Waals surface area (Å²) in [5.74, 6) is -0.0998. The number of ether oxygens (including phenoxy) is 1. The minimum absolute atomic E-state index is 0.234. The number of nitrogens with one attached hydrogen (secondary N) is 1. The minimum atomic E-state index is -3.57. The lowest BCUT2D eigenvalue weighted by Gasteiger charge is -2.25. The highest BCUT2D eigenvalue weighted by Gasteiger charge is 2.25. The Morgan fingerprint density at radius 2 is 1.61 bits per heavy atom. The van der Waals surface area contributed by atoms with Crippen LogP contribution >= 0.6 is 0 Å². The van der Waals surface area contributed by atoms with E-state index in [9.17, 15) is 13.2 Å². The summed E-state index contributed by atoms with van der Waals surface area (Å²) in [7, 11) is -3.57. The van der Waals surface area contributed by atoms with E-state index in [4.69, 9.17) is 8.92 Å². The maximum absolute atomic E-state index is 12.7. The van der Waals surface area contributed by atoms with Crippen LogP contribution in [0.3, 0.4) is 0 Å². The molecule has 28 heavy (non-hydrogen) atoms. The van der Waals surface area contributed by atoms with E-state index < -0.39 is 21.8 Å². The molecule has 152 valence electrons. The quantitative estimate of drug-likeness (QED) is 0.537. The maximum atomic E-state index is 12.7. The van der Waals surface area contributed by atoms with Crippen molar-refractivity contribution >= 4 is 16.1 Å². The van der Waals surface area contributed by atoms with Crippen molar-refractivity contribution in [2.45, 2.75) is 45.4 Å². The highest BCUT2D eigenvalue weighted by molar-refractivity contribution is 7.86. The molecule has 1 atom stereocenters. The van der Waals surface area contributed by atoms with Gasteiger partial charge in [-0.2, -0.15) is 8.42 Å². The van der Waals surface area contributed by atoms with Crippen LogP contribution in [0.15, 0.2) is 54.6 Å². The molecule has 2 rings (SSSR count). The lowest BCUT2D eigenvalue weighted by Crippen LogP contribution is -2.42. The first-order valence-corrected chi connectivity index (χ1v) is 10.8. The zero-order valence-electron chi connectivity index (χ0n) is 16.6. The van der Waals surface area contributed by atoms with Crippen LogP contribution in [-0.4, -0.2) is 32.3 Å². The molecular formula is C21H27NO5S. The molecule has 0 radical (unpaired) electrons. The van der Waals surface area contributed by atoms with Gasteiger partial charge in [0, 0.05) is 6.54 Å². The Hall–Kier alpha value is -2.38. The van der Waals surface area contributed by atoms with Gasteiger partial charge in [-0.3, -0.25) is 4.79 Å². The van der Waals surface area contributed by atoms with Crippen molar-refractivity contribution in [2.75, 3.05) is 6.26 Å². The van der Waals surface area contributed by atoms with Crippen molar-refractivity contribution in [1.82, 2.24) is 5.32 Å². The molecule has 6 nitrogen and oxygen atoms in total. The molecule has 0 heterocycles. The van der Waals surface area contributed by atoms with E-state index >= 15 is 0 Å². The summed E-state index contributed by atoms with van der Waals surface area (Å²) >= 11 is 0. The third kappa shape index (κ3) is 8.10. The Kier molecular flexibility index (Phi) is 7.21. The number of benzene rings is 2. The molecule has 2 aromatic carbocycles. The van der Waals surface area contributed by atoms with Gasteiger partial charge < -0.3 is 14.2 Å². The molecule has 2 aromatic rings. The first-order valence-electron chi connectivity index (χ1n) is 9.00. The van der Waals surface area contributed by atoms with Crippen LogP contribution < -0.4 is 9.50 Å². The minimum Gasteiger partial charge on any atom is -0.459 e. The normalized spacial score (nSPS) is 13.0. The number of hydrogen-bond donors (Lipinski definition) is 1. The summed E-state index contributed by atoms with van der Waals surface area (Å²) in [6.45, 7) is 6.02. The molecule has 7 heteroatoms. The molecule has 0 fully saturated rings. The molecule has 0 saturated carbocycles. The van der Waals surface area contributed by atoms with Gasteiger partial charge in [0.25, 0.3) is 0 Å². The van der Waals surface area contributed by atoms with E-state index in [2.05, 4.69) is 5.32 Å². The van der Waals surface area contributed by atoms with Crippen LogP contribution in [0, 0.1) is 0 Å². The zero-order valence-corrected chi connectivity index (χ0v) is 17.5. The summed E-state index contributed by atoms with van der Waals surface area (Å²) in [6.07, 6.45) is 1.40. The van der Waals surface area contributed by atoms with Crippen molar-refractivity contribution in [1.29, 1.82) is 0 Å². The predicted octanol–water partition coefficient (Wildman–Crippen LogP) is 3.07. The average Bonchev–Trinajstić information content (AvgIpc) is 2.58. The van der Waals surface area contributed by atoms with Crippen molar-refractivity contribution in [2.24, 2.45) is 0 Å². The van der Waals surface area contributed by atoms with Crippen molar-refractivity contribution < 1.29 is 22.1 Å². The molecule has 0 bridgehead atoms. The van der Waals surface area contributed by atoms with E-state index in [1.54, 1.807) is 24.3 Å². The molecule has 0 aliphatic rings. The van der Waals surface area contributed by atoms with E-state index in [0.717, 1.165) is 17.4 Å². The van der Waals surface area contributed by atoms with Crippen LogP contribution in [0.2, 0.25) is 0 Å². The number of carbonyl (C=O) groups is 1. The topological polar surface area (TPSA) is 81.7 Å². The van der Waals surface area contributed by atoms with Gasteiger partial charge in [-0.25, -0.2) is 0 Å². The highest BCUT2D eigenvalue weighted by Crippen LogP contribution is 2.17. The average molecular weight is 406 g/mol. The Bertz CT molecular complexity index is 871. The van der Waals surface area contributed by atoms with Gasteiger partial charge in [-0.1, -0.05) is 42.5 Å². The lowest BCUT2D eigenvalue weighted by molar-refractivity contribution is -0.157. The second kappa shape index (κ2) is 9.21. The molecule has 0 unspecified atom stereocenters. The van der Waals surface area contributed by atoms with Crippen LogP contribution in [-0.2, 0) is 32.6 Å². The number of hydrogen-bond acceptors (Lipinski definition) is 6. The fourth-order valence-electron chi connectivity index (χ4n) is 2.54. The first kappa shape index (κ1) is 21.9. The second-order valence-corrected chi connectivity index (χ2v) is 9.16. The van der Waals surface area contributed by atoms with E-state index in [1.165, 1.54) is 0 Å². The number of carbonyl (C=O) groups excluding carboxylic acids is 1. The summed E-state index contributed by atoms with van der Waals surface area (Å²) in [6, 6.07) is 15.9. The van der Waals surface area contributed by atoms with Gasteiger partial charge in [0.2, 0.25) is 0 Å². The van der Waals surface area contributed by atoms with Crippen molar-refractivity contribution in [3.63, 3.8) is 0 Å². The van der Waals surface area contributed by atoms with Gasteiger partial charge in [-0.15, -0.1) is 0 Å². The molecule has 0 saturated heterocycles. The first-order chi connectivity index (χ1) is 13.0. The van der Waals surface area contributed by atoms with E-state index in [-0.39, 0.29) is 11.7 Å². The standard InChI is InChI=1S/C21H27NO5S/c1-21(2,3)26-20(23)19(22-15-17-8-6-5-7-9-17)14-16-10-12-18(13-11-16)27-28(4,24)25/h5-13,19,22H,14-15H2,1-4H3/t19-/m0/s1. The number of esters is 1. The Morgan fingerprint density at radius 3 is 2.14 bits per heavy atom. The van der Waals surface area contributed by atoms with Gasteiger partial charge in [0.1, 0.15) is 17.4 Å². The number of rotatable bonds is 8. The molecule has 0 aliphatic carbocycles. The zero-order chi connectivity index (χ0) is 20.8. The van der Waals surface area contributed by atoms with E-state index in [0.29, 0.717) is 13.0 Å². The van der Waals surface area contributed by atoms with Gasteiger partial charge in [0.05, 0.1) is 6.26 Å². The Balaban J connectivity index is 2.10. The molecule has 0 aliphatic heterocycles. The summed E-state index contributed by atoms with van der Waals surface area (Å²) in [4.78, 5) is 12.7. The fraction of sp³-hybridized carbons (Fsp3) is 0.381. The van der Waals surface area contributed by atoms with Crippen LogP contribution in [0.1, 0.15) is 31.9 Å². The van der Waals surface area contributed by atoms with Crippen molar-refractivity contribution in [3.8, 4) is 5.75 Å². The van der Waals surface area contributed by atoms with Crippen LogP contribution in [0.4, 0.5) is 0 Å². The largest absolute Gasteiger partial charge is 0.459 e.